The van der Waals surface area contributed by atoms with E-state index in [-0.39, 0.29) is 6.54 Å². The van der Waals surface area contributed by atoms with Crippen molar-refractivity contribution in [3.63, 3.8) is 0 Å². The topological polar surface area (TPSA) is 78.8 Å². The van der Waals surface area contributed by atoms with Crippen LogP contribution < -0.4 is 5.32 Å². The maximum atomic E-state index is 10.3. The summed E-state index contributed by atoms with van der Waals surface area (Å²) in [6.07, 6.45) is 0. The number of nitroso groups, excluding NO2 is 1. The van der Waals surface area contributed by atoms with Gasteiger partial charge in [-0.05, 0) is 0 Å². The summed E-state index contributed by atoms with van der Waals surface area (Å²) < 4.78 is 0. The highest BCUT2D eigenvalue weighted by Crippen LogP contribution is 1.96. The van der Waals surface area contributed by atoms with E-state index >= 15 is 0 Å². The lowest BCUT2D eigenvalue weighted by molar-refractivity contribution is -0.118. The number of hydrogen-bond acceptors (Lipinski definition) is 4. The quantitative estimate of drug-likeness (QED) is 0.372. The van der Waals surface area contributed by atoms with Gasteiger partial charge in [-0.25, -0.2) is 4.79 Å². The molecule has 1 aliphatic heterocycles. The molecule has 0 aromatic rings. The van der Waals surface area contributed by atoms with Crippen molar-refractivity contribution >= 4 is 11.9 Å². The molecule has 1 aliphatic rings. The molecule has 1 N–H and O–H groups in total. The highest BCUT2D eigenvalue weighted by molar-refractivity contribution is 6.01. The van der Waals surface area contributed by atoms with E-state index in [1.54, 1.807) is 0 Å². The van der Waals surface area contributed by atoms with E-state index in [4.69, 9.17) is 0 Å². The van der Waals surface area contributed by atoms with Crippen molar-refractivity contribution in [3.8, 4) is 0 Å². The van der Waals surface area contributed by atoms with E-state index in [2.05, 4.69) is 5.29 Å². The fourth-order valence-electron chi connectivity index (χ4n) is 0.497. The van der Waals surface area contributed by atoms with Crippen LogP contribution in [0, 0.1) is 4.91 Å². The average molecular weight is 129 g/mol. The van der Waals surface area contributed by atoms with Gasteiger partial charge in [0, 0.05) is 0 Å². The van der Waals surface area contributed by atoms with Crippen LogP contribution in [0.15, 0.2) is 5.29 Å². The molecule has 48 valence electrons. The lowest BCUT2D eigenvalue weighted by Crippen LogP contribution is -2.23. The molecule has 0 aliphatic carbocycles. The summed E-state index contributed by atoms with van der Waals surface area (Å²) in [7, 11) is 0. The average Bonchev–Trinajstić information content (AvgIpc) is 2.10. The fraction of sp³-hybridized carbons (Fsp3) is 0.333. The molecule has 0 aromatic heterocycles. The number of hydrogen-bond donors (Lipinski definition) is 1. The zero-order valence-corrected chi connectivity index (χ0v) is 4.33. The molecule has 0 atom stereocenters. The Kier molecular flexibility index (Phi) is 1.14. The first kappa shape index (κ1) is 5.67. The normalized spacial score (nSPS) is 18.0. The minimum Gasteiger partial charge on any atom is -0.275 e. The van der Waals surface area contributed by atoms with Gasteiger partial charge in [0.2, 0.25) is 5.91 Å². The van der Waals surface area contributed by atoms with Crippen molar-refractivity contribution in [1.29, 1.82) is 0 Å². The third kappa shape index (κ3) is 0.857. The minimum absolute atomic E-state index is 0.262. The second-order valence-corrected chi connectivity index (χ2v) is 1.49. The van der Waals surface area contributed by atoms with E-state index in [1.165, 1.54) is 0 Å². The van der Waals surface area contributed by atoms with Crippen LogP contribution in [0.4, 0.5) is 4.79 Å². The van der Waals surface area contributed by atoms with E-state index < -0.39 is 11.9 Å². The SMILES string of the molecule is O=NN1CC(=O)NC1=O. The van der Waals surface area contributed by atoms with Gasteiger partial charge in [-0.3, -0.25) is 10.1 Å². The van der Waals surface area contributed by atoms with Gasteiger partial charge in [-0.2, -0.15) is 5.01 Å². The number of imide groups is 1. The summed E-state index contributed by atoms with van der Waals surface area (Å²) in [5.74, 6) is -0.500. The number of rotatable bonds is 1. The zero-order valence-electron chi connectivity index (χ0n) is 4.33. The van der Waals surface area contributed by atoms with Gasteiger partial charge in [-0.15, -0.1) is 4.91 Å². The molecule has 9 heavy (non-hydrogen) atoms. The molecule has 0 unspecified atom stereocenters. The monoisotopic (exact) mass is 129 g/mol. The Labute approximate surface area is 49.8 Å². The second-order valence-electron chi connectivity index (χ2n) is 1.49. The standard InChI is InChI=1S/C3H3N3O3/c7-2-1-6(5-9)3(8)4-2/h1H2,(H,4,7,8). The van der Waals surface area contributed by atoms with Crippen molar-refractivity contribution in [3.05, 3.63) is 4.91 Å². The maximum absolute atomic E-state index is 10.3. The van der Waals surface area contributed by atoms with Crippen molar-refractivity contribution < 1.29 is 9.59 Å². The van der Waals surface area contributed by atoms with Crippen LogP contribution in [0.5, 0.6) is 0 Å². The van der Waals surface area contributed by atoms with Gasteiger partial charge in [0.15, 0.2) is 0 Å². The maximum Gasteiger partial charge on any atom is 0.347 e. The summed E-state index contributed by atoms with van der Waals surface area (Å²) in [6, 6.07) is -0.755. The molecule has 6 nitrogen and oxygen atoms in total. The minimum atomic E-state index is -0.755. The van der Waals surface area contributed by atoms with Gasteiger partial charge in [-0.1, -0.05) is 0 Å². The molecule has 1 heterocycles. The van der Waals surface area contributed by atoms with Gasteiger partial charge in [0.05, 0.1) is 5.29 Å². The first-order chi connectivity index (χ1) is 4.24. The Balaban J connectivity index is 2.68. The van der Waals surface area contributed by atoms with Crippen LogP contribution in [-0.4, -0.2) is 23.5 Å². The van der Waals surface area contributed by atoms with Crippen molar-refractivity contribution in [2.75, 3.05) is 6.54 Å². The molecule has 1 fully saturated rings. The molecule has 1 rings (SSSR count). The van der Waals surface area contributed by atoms with E-state index in [0.29, 0.717) is 5.01 Å². The summed E-state index contributed by atoms with van der Waals surface area (Å²) in [5.41, 5.74) is 0. The van der Waals surface area contributed by atoms with Crippen molar-refractivity contribution in [2.24, 2.45) is 5.29 Å². The highest BCUT2D eigenvalue weighted by Gasteiger charge is 2.27. The predicted octanol–water partition coefficient (Wildman–Crippen LogP) is -0.780. The predicted molar refractivity (Wildman–Crippen MR) is 26.0 cm³/mol. The molecule has 0 aromatic carbocycles. The molecule has 0 saturated carbocycles. The second kappa shape index (κ2) is 1.81. The fourth-order valence-corrected chi connectivity index (χ4v) is 0.497. The summed E-state index contributed by atoms with van der Waals surface area (Å²) >= 11 is 0. The van der Waals surface area contributed by atoms with Crippen molar-refractivity contribution in [2.45, 2.75) is 0 Å². The van der Waals surface area contributed by atoms with Gasteiger partial charge in [0.1, 0.15) is 6.54 Å². The molecule has 1 saturated heterocycles. The Bertz CT molecular complexity index is 177. The van der Waals surface area contributed by atoms with Gasteiger partial charge < -0.3 is 0 Å². The Morgan fingerprint density at radius 2 is 2.22 bits per heavy atom. The first-order valence-corrected chi connectivity index (χ1v) is 2.18. The Hall–Kier alpha value is -1.46. The van der Waals surface area contributed by atoms with Crippen LogP contribution in [0.3, 0.4) is 0 Å². The van der Waals surface area contributed by atoms with Crippen LogP contribution in [0.2, 0.25) is 0 Å². The van der Waals surface area contributed by atoms with Crippen LogP contribution in [-0.2, 0) is 4.79 Å². The number of nitrogens with zero attached hydrogens (tertiary/aromatic N) is 2. The smallest absolute Gasteiger partial charge is 0.275 e. The molecule has 6 heteroatoms. The lowest BCUT2D eigenvalue weighted by atomic mass is 10.7. The van der Waals surface area contributed by atoms with Crippen molar-refractivity contribution in [1.82, 2.24) is 10.3 Å². The third-order valence-corrected chi connectivity index (χ3v) is 0.873. The van der Waals surface area contributed by atoms with Crippen LogP contribution in [0.1, 0.15) is 0 Å². The number of carbonyl (C=O) groups excluding carboxylic acids is 2. The van der Waals surface area contributed by atoms with Gasteiger partial charge in [0.25, 0.3) is 0 Å². The highest BCUT2D eigenvalue weighted by atomic mass is 16.3. The van der Waals surface area contributed by atoms with Crippen LogP contribution >= 0.6 is 0 Å². The molecule has 0 bridgehead atoms. The summed E-state index contributed by atoms with van der Waals surface area (Å²) in [5, 5.41) is 4.66. The molecule has 0 spiro atoms. The van der Waals surface area contributed by atoms with Gasteiger partial charge >= 0.3 is 6.03 Å². The third-order valence-electron chi connectivity index (χ3n) is 0.873. The lowest BCUT2D eigenvalue weighted by Gasteiger charge is -1.95. The Morgan fingerprint density at radius 1 is 1.56 bits per heavy atom. The van der Waals surface area contributed by atoms with Crippen LogP contribution in [0.25, 0.3) is 0 Å². The zero-order chi connectivity index (χ0) is 6.85. The molecule has 0 radical (unpaired) electrons. The molecular formula is C3H3N3O3. The molecular weight excluding hydrogens is 126 g/mol. The first-order valence-electron chi connectivity index (χ1n) is 2.18. The Morgan fingerprint density at radius 3 is 2.44 bits per heavy atom. The largest absolute Gasteiger partial charge is 0.347 e. The molecule has 3 amide bonds. The number of nitrogens with one attached hydrogen (secondary N) is 1. The number of amides is 3. The van der Waals surface area contributed by atoms with E-state index in [0.717, 1.165) is 0 Å². The van der Waals surface area contributed by atoms with E-state index in [1.807, 2.05) is 5.32 Å². The van der Waals surface area contributed by atoms with E-state index in [9.17, 15) is 14.5 Å². The number of urea groups is 1. The number of carbonyl (C=O) groups is 2. The summed E-state index contributed by atoms with van der Waals surface area (Å²) in [6.45, 7) is -0.262. The summed E-state index contributed by atoms with van der Waals surface area (Å²) in [4.78, 5) is 30.2.